The van der Waals surface area contributed by atoms with Crippen LogP contribution in [0.2, 0.25) is 0 Å². The van der Waals surface area contributed by atoms with Gasteiger partial charge in [0, 0.05) is 132 Å². The molecule has 1 aliphatic heterocycles. The summed E-state index contributed by atoms with van der Waals surface area (Å²) in [4.78, 5) is 137. The van der Waals surface area contributed by atoms with E-state index < -0.39 is 150 Å². The van der Waals surface area contributed by atoms with Gasteiger partial charge in [0.05, 0.1) is 30.7 Å². The monoisotopic (exact) mass is 1600 g/mol. The SMILES string of the molecule is CO[C@]1(OC(=O)CN(CCOC(=O)CCCc2ccc(N(CCCl)CCCl)cc2)CCOC(=O)CCCc2ccc(N(CCCl)CCCl)cc2)C[C@H]2OC[C@@]2(OC(C)=O)C2[C@H](OC(=O)c3ccccc3)[C@]3(O)C[C@H](OC(=O)[C@H](O)[C@@H](NC(=O)c4ccccc4)c4ccccc4)C(C)=C([C@@H](OC(C)=O)C(=O)[C@@]21C)C3(C)C. The Morgan fingerprint density at radius 1 is 0.618 bits per heavy atom. The lowest BCUT2D eigenvalue weighted by Crippen LogP contribution is -2.85. The predicted octanol–water partition coefficient (Wildman–Crippen LogP) is 10.3. The highest BCUT2D eigenvalue weighted by Gasteiger charge is 2.83. The molecule has 594 valence electrons. The average Bonchev–Trinajstić information content (AvgIpc) is 0.657. The van der Waals surface area contributed by atoms with Crippen LogP contribution in [0.4, 0.5) is 11.4 Å². The molecule has 24 nitrogen and oxygen atoms in total. The summed E-state index contributed by atoms with van der Waals surface area (Å²) in [6.07, 6.45) is -8.75. The molecule has 11 atom stereocenters. The van der Waals surface area contributed by atoms with E-state index >= 15 is 14.4 Å². The maximum Gasteiger partial charge on any atom is 0.338 e. The number of amides is 1. The second-order valence-electron chi connectivity index (χ2n) is 28.6. The zero-order chi connectivity index (χ0) is 79.6. The van der Waals surface area contributed by atoms with E-state index in [2.05, 4.69) is 15.1 Å². The van der Waals surface area contributed by atoms with Crippen LogP contribution in [0.15, 0.2) is 151 Å². The van der Waals surface area contributed by atoms with Crippen LogP contribution in [0.25, 0.3) is 0 Å². The van der Waals surface area contributed by atoms with Gasteiger partial charge in [-0.15, -0.1) is 46.4 Å². The van der Waals surface area contributed by atoms with E-state index in [-0.39, 0.29) is 61.4 Å². The van der Waals surface area contributed by atoms with Crippen LogP contribution in [-0.4, -0.2) is 212 Å². The van der Waals surface area contributed by atoms with Crippen LogP contribution in [0, 0.1) is 16.7 Å². The lowest BCUT2D eigenvalue weighted by molar-refractivity contribution is -0.399. The van der Waals surface area contributed by atoms with Crippen LogP contribution in [0.5, 0.6) is 0 Å². The number of aryl methyl sites for hydroxylation is 2. The second-order valence-corrected chi connectivity index (χ2v) is 30.2. The Morgan fingerprint density at radius 2 is 1.12 bits per heavy atom. The number of benzene rings is 5. The van der Waals surface area contributed by atoms with Crippen LogP contribution < -0.4 is 15.1 Å². The molecule has 0 radical (unpaired) electrons. The number of ketones is 1. The summed E-state index contributed by atoms with van der Waals surface area (Å²) < 4.78 is 56.6. The largest absolute Gasteiger partial charge is 0.464 e. The number of anilines is 2. The third-order valence-electron chi connectivity index (χ3n) is 21.6. The standard InChI is InChI=1S/C82H98Cl4N4O20/c1-53-63(107-77(100)70(96)69(58-21-11-8-12-22-58)87-75(98)59-23-13-9-14-24-59)49-81(101)74(108-76(99)60-25-15-10-16-26-60)72-79(6,73(97)71(106-54(2)91)68(53)78(81,4)5)82(102-7,50-64-80(72,52-105-64)109-55(3)92)110-67(95)51-88(45-47-103-65(93)27-17-19-56-29-33-61(34-30-56)89(41-37-83)42-38-84)46-48-104-66(94)28-18-20-57-31-35-62(36-32-57)90(43-39-85)44-40-86/h8-16,21-26,29-36,63-64,69-72,74,96,101H,17-20,27-28,37-52H2,1-7H3,(H,87,98)/t63-,64+,69-,70+,71+,72?,74-,79+,80-,81+,82-/m0/s1. The van der Waals surface area contributed by atoms with Crippen LogP contribution in [0.1, 0.15) is 124 Å². The van der Waals surface area contributed by atoms with E-state index in [1.54, 1.807) is 78.9 Å². The molecular weight excluding hydrogens is 1500 g/mol. The number of fused-ring (bicyclic) bond motifs is 5. The summed E-state index contributed by atoms with van der Waals surface area (Å²) in [5, 5.41) is 29.5. The van der Waals surface area contributed by atoms with E-state index in [4.69, 9.17) is 89.0 Å². The van der Waals surface area contributed by atoms with Gasteiger partial charge in [0.25, 0.3) is 5.91 Å². The molecule has 1 saturated heterocycles. The van der Waals surface area contributed by atoms with Crippen molar-refractivity contribution in [1.29, 1.82) is 0 Å². The Bertz CT molecular complexity index is 3940. The fourth-order valence-corrected chi connectivity index (χ4v) is 16.6. The summed E-state index contributed by atoms with van der Waals surface area (Å²) >= 11 is 24.2. The van der Waals surface area contributed by atoms with Crippen molar-refractivity contribution in [2.45, 2.75) is 146 Å². The van der Waals surface area contributed by atoms with Crippen molar-refractivity contribution in [1.82, 2.24) is 10.2 Å². The minimum atomic E-state index is -2.67. The van der Waals surface area contributed by atoms with Crippen LogP contribution in [-0.2, 0) is 89.0 Å². The normalized spacial score (nSPS) is 23.6. The summed E-state index contributed by atoms with van der Waals surface area (Å²) in [7, 11) is 1.14. The first-order valence-corrected chi connectivity index (χ1v) is 39.0. The third kappa shape index (κ3) is 19.6. The van der Waals surface area contributed by atoms with Crippen molar-refractivity contribution in [3.8, 4) is 0 Å². The summed E-state index contributed by atoms with van der Waals surface area (Å²) in [5.74, 6) is -11.1. The van der Waals surface area contributed by atoms with Crippen LogP contribution >= 0.6 is 46.4 Å². The number of ether oxygens (including phenoxy) is 9. The molecule has 1 amide bonds. The molecule has 2 bridgehead atoms. The van der Waals surface area contributed by atoms with Gasteiger partial charge in [-0.3, -0.25) is 38.5 Å². The Balaban J connectivity index is 1.05. The fourth-order valence-electron chi connectivity index (χ4n) is 15.8. The highest BCUT2D eigenvalue weighted by molar-refractivity contribution is 6.19. The predicted molar refractivity (Wildman–Crippen MR) is 412 cm³/mol. The number of hydrogen-bond donors (Lipinski definition) is 3. The average molecular weight is 1600 g/mol. The second kappa shape index (κ2) is 38.8. The number of aliphatic hydroxyl groups is 2. The molecule has 3 N–H and O–H groups in total. The molecule has 1 unspecified atom stereocenters. The number of halogens is 4. The van der Waals surface area contributed by atoms with E-state index in [1.807, 2.05) is 48.5 Å². The van der Waals surface area contributed by atoms with Gasteiger partial charge in [0.2, 0.25) is 5.79 Å². The molecule has 4 aliphatic rings. The number of alkyl halides is 4. The number of aliphatic hydroxyl groups excluding tert-OH is 1. The molecule has 3 aliphatic carbocycles. The van der Waals surface area contributed by atoms with Gasteiger partial charge in [-0.1, -0.05) is 105 Å². The highest BCUT2D eigenvalue weighted by Crippen LogP contribution is 2.68. The number of carbonyl (C=O) groups is 9. The number of Topliss-reactive ketones (excluding diaryl/α,β-unsaturated/α-hetero) is 1. The Labute approximate surface area is 661 Å². The molecule has 110 heavy (non-hydrogen) atoms. The molecule has 5 aromatic carbocycles. The maximum absolute atomic E-state index is 17.1. The number of esters is 7. The third-order valence-corrected chi connectivity index (χ3v) is 22.2. The first-order valence-electron chi connectivity index (χ1n) is 36.9. The zero-order valence-corrected chi connectivity index (χ0v) is 66.0. The van der Waals surface area contributed by atoms with Crippen molar-refractivity contribution in [2.75, 3.05) is 106 Å². The van der Waals surface area contributed by atoms with Gasteiger partial charge >= 0.3 is 41.8 Å². The van der Waals surface area contributed by atoms with Crippen molar-refractivity contribution < 1.29 is 96.0 Å². The van der Waals surface area contributed by atoms with Crippen molar-refractivity contribution in [3.63, 3.8) is 0 Å². The molecular formula is C82H98Cl4N4O20. The summed E-state index contributed by atoms with van der Waals surface area (Å²) in [6.45, 7) is 8.43. The van der Waals surface area contributed by atoms with Gasteiger partial charge in [0.15, 0.2) is 23.6 Å². The van der Waals surface area contributed by atoms with Gasteiger partial charge < -0.3 is 68.0 Å². The van der Waals surface area contributed by atoms with Gasteiger partial charge in [-0.2, -0.15) is 0 Å². The molecule has 5 aromatic rings. The van der Waals surface area contributed by atoms with Gasteiger partial charge in [-0.25, -0.2) is 9.59 Å². The summed E-state index contributed by atoms with van der Waals surface area (Å²) in [5.41, 5.74) is -5.05. The number of carbonyl (C=O) groups excluding carboxylic acids is 9. The van der Waals surface area contributed by atoms with Gasteiger partial charge in [-0.05, 0) is 116 Å². The molecule has 28 heteroatoms. The van der Waals surface area contributed by atoms with E-state index in [0.717, 1.165) is 43.5 Å². The highest BCUT2D eigenvalue weighted by atomic mass is 35.5. The lowest BCUT2D eigenvalue weighted by Gasteiger charge is -2.69. The topological polar surface area (TPSA) is 299 Å². The minimum Gasteiger partial charge on any atom is -0.464 e. The molecule has 3 fully saturated rings. The first kappa shape index (κ1) is 85.8. The molecule has 0 spiro atoms. The van der Waals surface area contributed by atoms with E-state index in [1.165, 1.54) is 44.7 Å². The van der Waals surface area contributed by atoms with E-state index in [0.29, 0.717) is 80.9 Å². The smallest absolute Gasteiger partial charge is 0.338 e. The molecule has 1 heterocycles. The van der Waals surface area contributed by atoms with Crippen molar-refractivity contribution >= 4 is 111 Å². The molecule has 2 saturated carbocycles. The molecule has 9 rings (SSSR count). The minimum absolute atomic E-state index is 0.0326. The number of rotatable bonds is 38. The van der Waals surface area contributed by atoms with Crippen molar-refractivity contribution in [3.05, 3.63) is 178 Å². The number of nitrogens with one attached hydrogen (secondary N) is 1. The Hall–Kier alpha value is -8.17. The number of hydrogen-bond acceptors (Lipinski definition) is 23. The van der Waals surface area contributed by atoms with Crippen LogP contribution in [0.3, 0.4) is 0 Å². The van der Waals surface area contributed by atoms with Gasteiger partial charge in [0.1, 0.15) is 42.5 Å². The Kier molecular flexibility index (Phi) is 30.3. The lowest BCUT2D eigenvalue weighted by atomic mass is 9.43. The summed E-state index contributed by atoms with van der Waals surface area (Å²) in [6, 6.07) is 38.2. The first-order chi connectivity index (χ1) is 52.6. The number of nitrogens with zero attached hydrogens (tertiary/aromatic N) is 3. The number of methoxy groups -OCH3 is 1. The zero-order valence-electron chi connectivity index (χ0n) is 63.0. The molecule has 0 aromatic heterocycles. The quantitative estimate of drug-likeness (QED) is 0.0109. The Morgan fingerprint density at radius 3 is 1.58 bits per heavy atom. The maximum atomic E-state index is 17.1. The fraction of sp³-hybridized carbons (Fsp3) is 0.500. The van der Waals surface area contributed by atoms with E-state index in [9.17, 15) is 39.0 Å². The van der Waals surface area contributed by atoms with Crippen molar-refractivity contribution in [2.24, 2.45) is 16.7 Å².